The van der Waals surface area contributed by atoms with Crippen LogP contribution in [0.15, 0.2) is 35.4 Å². The summed E-state index contributed by atoms with van der Waals surface area (Å²) in [6.45, 7) is 2.58. The molecule has 0 amide bonds. The van der Waals surface area contributed by atoms with E-state index in [2.05, 4.69) is 25.5 Å². The first-order valence-electron chi connectivity index (χ1n) is 13.2. The van der Waals surface area contributed by atoms with Crippen molar-refractivity contribution >= 4 is 38.2 Å². The monoisotopic (exact) mass is 580 g/mol. The molecule has 0 radical (unpaired) electrons. The number of nitrogens with one attached hydrogen (secondary N) is 3. The van der Waals surface area contributed by atoms with Gasteiger partial charge in [-0.2, -0.15) is 17.5 Å². The molecular weight excluding hydrogens is 549 g/mol. The van der Waals surface area contributed by atoms with Crippen molar-refractivity contribution in [1.82, 2.24) is 19.2 Å². The number of morpholine rings is 1. The van der Waals surface area contributed by atoms with Gasteiger partial charge in [-0.3, -0.25) is 4.90 Å². The Morgan fingerprint density at radius 1 is 1.15 bits per heavy atom. The molecule has 3 fully saturated rings. The Morgan fingerprint density at radius 2 is 1.93 bits per heavy atom. The zero-order valence-corrected chi connectivity index (χ0v) is 22.9. The Hall–Kier alpha value is -3.07. The molecule has 0 saturated carbocycles. The van der Waals surface area contributed by atoms with Crippen molar-refractivity contribution in [2.24, 2.45) is 0 Å². The van der Waals surface area contributed by atoms with E-state index in [0.717, 1.165) is 38.6 Å². The summed E-state index contributed by atoms with van der Waals surface area (Å²) in [5, 5.41) is 5.77. The van der Waals surface area contributed by atoms with Crippen molar-refractivity contribution in [3.8, 4) is 5.75 Å². The second-order valence-corrected chi connectivity index (χ2v) is 12.3. The molecule has 0 unspecified atom stereocenters. The molecule has 3 aliphatic heterocycles. The predicted octanol–water partition coefficient (Wildman–Crippen LogP) is 4.00. The average molecular weight is 581 g/mol. The van der Waals surface area contributed by atoms with E-state index >= 15 is 0 Å². The van der Waals surface area contributed by atoms with Crippen LogP contribution >= 0.6 is 0 Å². The van der Waals surface area contributed by atoms with Gasteiger partial charge in [0, 0.05) is 62.8 Å². The van der Waals surface area contributed by atoms with Crippen LogP contribution in [-0.2, 0) is 20.9 Å². The Balaban J connectivity index is 1.20. The number of anilines is 3. The van der Waals surface area contributed by atoms with Crippen LogP contribution in [0.25, 0.3) is 11.0 Å². The number of benzene rings is 1. The lowest BCUT2D eigenvalue weighted by Gasteiger charge is -2.39. The van der Waals surface area contributed by atoms with E-state index in [4.69, 9.17) is 9.47 Å². The number of ether oxygens (including phenoxy) is 2. The number of piperidine rings is 1. The summed E-state index contributed by atoms with van der Waals surface area (Å²) >= 11 is 0. The van der Waals surface area contributed by atoms with Gasteiger partial charge in [0.25, 0.3) is 0 Å². The molecule has 2 aromatic heterocycles. The summed E-state index contributed by atoms with van der Waals surface area (Å²) in [6, 6.07) is 6.79. The Labute approximate surface area is 229 Å². The van der Waals surface area contributed by atoms with Crippen LogP contribution in [0.4, 0.5) is 30.4 Å². The van der Waals surface area contributed by atoms with Crippen molar-refractivity contribution in [3.63, 3.8) is 0 Å². The highest BCUT2D eigenvalue weighted by molar-refractivity contribution is 7.89. The molecule has 216 valence electrons. The largest absolute Gasteiger partial charge is 0.495 e. The third kappa shape index (κ3) is 4.76. The van der Waals surface area contributed by atoms with E-state index in [1.165, 1.54) is 36.7 Å². The number of alkyl halides is 3. The molecule has 3 aliphatic rings. The molecule has 3 saturated heterocycles. The lowest BCUT2D eigenvalue weighted by molar-refractivity contribution is -0.136. The molecule has 40 heavy (non-hydrogen) atoms. The smallest absolute Gasteiger partial charge is 0.418 e. The summed E-state index contributed by atoms with van der Waals surface area (Å²) in [4.78, 5) is 9.47. The fourth-order valence-electron chi connectivity index (χ4n) is 6.13. The standard InChI is InChI=1S/C26H31F3N6O4S/c1-30-21-11-23(33-25-24(21)19(12-31-25)26(27,28)29)32-20-4-3-18(10-22(20)38-2)40(36,37)34-7-5-15(6-8-34)35-13-17-9-16(35)14-39-17/h3-4,10-12,15-17H,5-9,13-14H2,1-2H3,(H3,30,31,32,33)/t16-,17-/m0/s1. The number of methoxy groups -OCH3 is 1. The van der Waals surface area contributed by atoms with Crippen LogP contribution in [-0.4, -0.2) is 86.2 Å². The number of fused-ring (bicyclic) bond motifs is 3. The van der Waals surface area contributed by atoms with Crippen LogP contribution in [0.5, 0.6) is 5.75 Å². The van der Waals surface area contributed by atoms with Gasteiger partial charge in [0.15, 0.2) is 0 Å². The van der Waals surface area contributed by atoms with Crippen molar-refractivity contribution < 1.29 is 31.1 Å². The molecule has 1 aromatic carbocycles. The van der Waals surface area contributed by atoms with E-state index in [1.807, 2.05) is 0 Å². The van der Waals surface area contributed by atoms with Crippen molar-refractivity contribution in [1.29, 1.82) is 0 Å². The normalized spacial score (nSPS) is 22.7. The zero-order valence-electron chi connectivity index (χ0n) is 22.1. The highest BCUT2D eigenvalue weighted by Gasteiger charge is 2.43. The van der Waals surface area contributed by atoms with Gasteiger partial charge in [-0.25, -0.2) is 13.4 Å². The number of sulfonamides is 1. The van der Waals surface area contributed by atoms with Crippen LogP contribution in [0.2, 0.25) is 0 Å². The minimum atomic E-state index is -4.54. The lowest BCUT2D eigenvalue weighted by atomic mass is 10.0. The van der Waals surface area contributed by atoms with E-state index in [0.29, 0.717) is 37.0 Å². The molecule has 3 N–H and O–H groups in total. The van der Waals surface area contributed by atoms with Crippen molar-refractivity contribution in [2.75, 3.05) is 51.0 Å². The molecule has 5 heterocycles. The van der Waals surface area contributed by atoms with Crippen LogP contribution in [0.3, 0.4) is 0 Å². The number of halogens is 3. The van der Waals surface area contributed by atoms with E-state index in [1.54, 1.807) is 6.07 Å². The first kappa shape index (κ1) is 27.1. The number of H-pyrrole nitrogens is 1. The minimum absolute atomic E-state index is 0.0533. The number of rotatable bonds is 7. The van der Waals surface area contributed by atoms with Crippen LogP contribution < -0.4 is 15.4 Å². The van der Waals surface area contributed by atoms with Gasteiger partial charge in [-0.15, -0.1) is 0 Å². The van der Waals surface area contributed by atoms with E-state index < -0.39 is 21.8 Å². The maximum atomic E-state index is 13.5. The van der Waals surface area contributed by atoms with Gasteiger partial charge < -0.3 is 25.1 Å². The van der Waals surface area contributed by atoms with Gasteiger partial charge in [0.05, 0.1) is 41.4 Å². The van der Waals surface area contributed by atoms with Crippen molar-refractivity contribution in [2.45, 2.75) is 48.5 Å². The summed E-state index contributed by atoms with van der Waals surface area (Å²) in [6.07, 6.45) is -0.726. The van der Waals surface area contributed by atoms with Gasteiger partial charge in [-0.05, 0) is 31.4 Å². The fraction of sp³-hybridized carbons (Fsp3) is 0.500. The van der Waals surface area contributed by atoms with Gasteiger partial charge in [-0.1, -0.05) is 0 Å². The minimum Gasteiger partial charge on any atom is -0.495 e. The molecule has 3 aromatic rings. The highest BCUT2D eigenvalue weighted by atomic mass is 32.2. The van der Waals surface area contributed by atoms with Crippen LogP contribution in [0, 0.1) is 0 Å². The molecular formula is C26H31F3N6O4S. The number of hydrogen-bond donors (Lipinski definition) is 3. The second-order valence-electron chi connectivity index (χ2n) is 10.4. The molecule has 2 bridgehead atoms. The second kappa shape index (κ2) is 10.1. The molecule has 6 rings (SSSR count). The fourth-order valence-corrected chi connectivity index (χ4v) is 7.62. The van der Waals surface area contributed by atoms with Gasteiger partial charge in [0.1, 0.15) is 17.2 Å². The number of pyridine rings is 1. The quantitative estimate of drug-likeness (QED) is 0.385. The highest BCUT2D eigenvalue weighted by Crippen LogP contribution is 2.40. The van der Waals surface area contributed by atoms with Gasteiger partial charge in [0.2, 0.25) is 10.0 Å². The van der Waals surface area contributed by atoms with Crippen LogP contribution in [0.1, 0.15) is 24.8 Å². The maximum absolute atomic E-state index is 13.5. The summed E-state index contributed by atoms with van der Waals surface area (Å²) < 4.78 is 80.0. The molecule has 0 aliphatic carbocycles. The Morgan fingerprint density at radius 3 is 2.55 bits per heavy atom. The first-order chi connectivity index (χ1) is 19.1. The Kier molecular flexibility index (Phi) is 6.84. The number of nitrogens with zero attached hydrogens (tertiary/aromatic N) is 3. The van der Waals surface area contributed by atoms with E-state index in [9.17, 15) is 21.6 Å². The first-order valence-corrected chi connectivity index (χ1v) is 14.6. The SMILES string of the molecule is CNc1cc(Nc2ccc(S(=O)(=O)N3CCC(N4C[C@@H]5C[C@H]4CO5)CC3)cc2OC)nc2[nH]cc(C(F)(F)F)c12. The third-order valence-electron chi connectivity index (χ3n) is 8.13. The molecule has 14 heteroatoms. The van der Waals surface area contributed by atoms with E-state index in [-0.39, 0.29) is 33.2 Å². The average Bonchev–Trinajstić information content (AvgIpc) is 3.69. The maximum Gasteiger partial charge on any atom is 0.418 e. The molecule has 2 atom stereocenters. The number of aromatic amines is 1. The number of likely N-dealkylation sites (tertiary alicyclic amines) is 1. The predicted molar refractivity (Wildman–Crippen MR) is 144 cm³/mol. The topological polar surface area (TPSA) is 112 Å². The summed E-state index contributed by atoms with van der Waals surface area (Å²) in [7, 11) is -0.798. The third-order valence-corrected chi connectivity index (χ3v) is 10.0. The summed E-state index contributed by atoms with van der Waals surface area (Å²) in [5.74, 6) is 0.517. The lowest BCUT2D eigenvalue weighted by Crippen LogP contribution is -2.50. The number of hydrogen-bond acceptors (Lipinski definition) is 8. The van der Waals surface area contributed by atoms with Crippen molar-refractivity contribution in [3.05, 3.63) is 36.0 Å². The summed E-state index contributed by atoms with van der Waals surface area (Å²) in [5.41, 5.74) is -0.110. The molecule has 10 nitrogen and oxygen atoms in total. The van der Waals surface area contributed by atoms with Gasteiger partial charge >= 0.3 is 6.18 Å². The Bertz CT molecular complexity index is 1520. The number of aromatic nitrogens is 2. The zero-order chi connectivity index (χ0) is 28.2. The molecule has 0 spiro atoms.